The number of unbranched alkanes of at least 4 members (excludes halogenated alkanes) is 1. The standard InChI is InChI=1S/C24H29NO5/c1-27-21-13-9-18(10-14-21)24(19-11-15-22(28-2)16-12-19)20(17-25-30-4)7-5-6-8-23(26)29-3/h9-17H,5-8H2,1-4H3. The van der Waals surface area contributed by atoms with E-state index in [0.29, 0.717) is 6.42 Å². The number of esters is 1. The van der Waals surface area contributed by atoms with Gasteiger partial charge in [0.25, 0.3) is 0 Å². The van der Waals surface area contributed by atoms with Gasteiger partial charge in [0.15, 0.2) is 0 Å². The topological polar surface area (TPSA) is 66.4 Å². The minimum absolute atomic E-state index is 0.198. The monoisotopic (exact) mass is 411 g/mol. The number of allylic oxidation sites excluding steroid dienone is 1. The minimum Gasteiger partial charge on any atom is -0.497 e. The van der Waals surface area contributed by atoms with Crippen molar-refractivity contribution in [2.24, 2.45) is 5.16 Å². The molecule has 0 aliphatic carbocycles. The lowest BCUT2D eigenvalue weighted by molar-refractivity contribution is -0.140. The Bertz CT molecular complexity index is 805. The maximum absolute atomic E-state index is 11.4. The molecule has 0 atom stereocenters. The molecule has 0 fully saturated rings. The first-order valence-electron chi connectivity index (χ1n) is 9.78. The van der Waals surface area contributed by atoms with Crippen LogP contribution in [0, 0.1) is 0 Å². The van der Waals surface area contributed by atoms with Crippen molar-refractivity contribution >= 4 is 17.8 Å². The number of carbonyl (C=O) groups is 1. The maximum atomic E-state index is 11.4. The van der Waals surface area contributed by atoms with Crippen LogP contribution in [0.15, 0.2) is 59.3 Å². The largest absolute Gasteiger partial charge is 0.497 e. The van der Waals surface area contributed by atoms with Gasteiger partial charge in [-0.2, -0.15) is 0 Å². The van der Waals surface area contributed by atoms with Gasteiger partial charge in [0, 0.05) is 6.42 Å². The number of hydrogen-bond donors (Lipinski definition) is 0. The molecule has 0 aliphatic rings. The Morgan fingerprint density at radius 2 is 1.30 bits per heavy atom. The van der Waals surface area contributed by atoms with E-state index in [9.17, 15) is 4.79 Å². The van der Waals surface area contributed by atoms with E-state index in [-0.39, 0.29) is 5.97 Å². The first-order valence-corrected chi connectivity index (χ1v) is 9.78. The highest BCUT2D eigenvalue weighted by molar-refractivity contribution is 5.96. The fourth-order valence-electron chi connectivity index (χ4n) is 3.11. The van der Waals surface area contributed by atoms with Crippen LogP contribution >= 0.6 is 0 Å². The fraction of sp³-hybridized carbons (Fsp3) is 0.333. The van der Waals surface area contributed by atoms with Crippen molar-refractivity contribution in [2.75, 3.05) is 28.4 Å². The lowest BCUT2D eigenvalue weighted by Crippen LogP contribution is -2.01. The summed E-state index contributed by atoms with van der Waals surface area (Å²) in [7, 11) is 6.22. The molecule has 0 amide bonds. The first kappa shape index (κ1) is 23.0. The zero-order valence-electron chi connectivity index (χ0n) is 18.0. The SMILES string of the molecule is CON=CC(CCCCC(=O)OC)=C(c1ccc(OC)cc1)c1ccc(OC)cc1. The number of hydrogen-bond acceptors (Lipinski definition) is 6. The van der Waals surface area contributed by atoms with Gasteiger partial charge in [-0.15, -0.1) is 0 Å². The predicted octanol–water partition coefficient (Wildman–Crippen LogP) is 4.87. The first-order chi connectivity index (χ1) is 14.6. The molecule has 0 bridgehead atoms. The molecule has 6 heteroatoms. The highest BCUT2D eigenvalue weighted by Gasteiger charge is 2.13. The third kappa shape index (κ3) is 6.65. The van der Waals surface area contributed by atoms with Gasteiger partial charge in [0.1, 0.15) is 18.6 Å². The van der Waals surface area contributed by atoms with Crippen LogP contribution < -0.4 is 9.47 Å². The minimum atomic E-state index is -0.198. The summed E-state index contributed by atoms with van der Waals surface area (Å²) in [5.41, 5.74) is 4.12. The number of oxime groups is 1. The summed E-state index contributed by atoms with van der Waals surface area (Å²) in [6.45, 7) is 0. The quantitative estimate of drug-likeness (QED) is 0.228. The average molecular weight is 411 g/mol. The van der Waals surface area contributed by atoms with Crippen molar-refractivity contribution in [3.63, 3.8) is 0 Å². The van der Waals surface area contributed by atoms with Gasteiger partial charge >= 0.3 is 5.97 Å². The van der Waals surface area contributed by atoms with Crippen molar-refractivity contribution in [1.29, 1.82) is 0 Å². The Morgan fingerprint density at radius 3 is 1.73 bits per heavy atom. The Morgan fingerprint density at radius 1 is 0.800 bits per heavy atom. The molecule has 0 aliphatic heterocycles. The molecule has 0 aromatic heterocycles. The van der Waals surface area contributed by atoms with Gasteiger partial charge in [-0.1, -0.05) is 29.4 Å². The highest BCUT2D eigenvalue weighted by Crippen LogP contribution is 2.31. The van der Waals surface area contributed by atoms with Gasteiger partial charge in [-0.3, -0.25) is 4.79 Å². The van der Waals surface area contributed by atoms with Gasteiger partial charge in [0.2, 0.25) is 0 Å². The summed E-state index contributed by atoms with van der Waals surface area (Å²) in [5.74, 6) is 1.38. The average Bonchev–Trinajstić information content (AvgIpc) is 2.80. The Hall–Kier alpha value is -3.28. The Balaban J connectivity index is 2.45. The number of rotatable bonds is 11. The number of methoxy groups -OCH3 is 3. The zero-order chi connectivity index (χ0) is 21.8. The van der Waals surface area contributed by atoms with Crippen LogP contribution in [0.2, 0.25) is 0 Å². The van der Waals surface area contributed by atoms with Crippen LogP contribution in [-0.4, -0.2) is 40.6 Å². The van der Waals surface area contributed by atoms with Crippen LogP contribution in [0.5, 0.6) is 11.5 Å². The van der Waals surface area contributed by atoms with Crippen molar-refractivity contribution in [1.82, 2.24) is 0 Å². The number of carbonyl (C=O) groups excluding carboxylic acids is 1. The summed E-state index contributed by atoms with van der Waals surface area (Å²) in [6, 6.07) is 15.8. The van der Waals surface area contributed by atoms with Crippen LogP contribution in [-0.2, 0) is 14.4 Å². The third-order valence-corrected chi connectivity index (χ3v) is 4.70. The second kappa shape index (κ2) is 12.3. The maximum Gasteiger partial charge on any atom is 0.305 e. The van der Waals surface area contributed by atoms with E-state index in [4.69, 9.17) is 19.0 Å². The van der Waals surface area contributed by atoms with Crippen molar-refractivity contribution in [3.8, 4) is 11.5 Å². The highest BCUT2D eigenvalue weighted by atomic mass is 16.6. The van der Waals surface area contributed by atoms with Gasteiger partial charge < -0.3 is 19.0 Å². The molecule has 0 radical (unpaired) electrons. The molecule has 6 nitrogen and oxygen atoms in total. The van der Waals surface area contributed by atoms with Crippen molar-refractivity contribution in [2.45, 2.75) is 25.7 Å². The summed E-state index contributed by atoms with van der Waals surface area (Å²) >= 11 is 0. The van der Waals surface area contributed by atoms with E-state index in [2.05, 4.69) is 5.16 Å². The molecule has 2 rings (SSSR count). The van der Waals surface area contributed by atoms with E-state index >= 15 is 0 Å². The second-order valence-corrected chi connectivity index (χ2v) is 6.56. The van der Waals surface area contributed by atoms with E-state index in [1.54, 1.807) is 20.4 Å². The third-order valence-electron chi connectivity index (χ3n) is 4.70. The predicted molar refractivity (Wildman–Crippen MR) is 118 cm³/mol. The smallest absolute Gasteiger partial charge is 0.305 e. The van der Waals surface area contributed by atoms with Crippen molar-refractivity contribution in [3.05, 3.63) is 65.2 Å². The lowest BCUT2D eigenvalue weighted by atomic mass is 9.90. The summed E-state index contributed by atoms with van der Waals surface area (Å²) < 4.78 is 15.3. The van der Waals surface area contributed by atoms with Crippen LogP contribution in [0.1, 0.15) is 36.8 Å². The summed E-state index contributed by atoms with van der Waals surface area (Å²) in [5, 5.41) is 4.02. The van der Waals surface area contributed by atoms with Gasteiger partial charge in [-0.25, -0.2) is 0 Å². The second-order valence-electron chi connectivity index (χ2n) is 6.56. The van der Waals surface area contributed by atoms with Crippen LogP contribution in [0.3, 0.4) is 0 Å². The molecule has 160 valence electrons. The molecule has 0 spiro atoms. The molecular weight excluding hydrogens is 382 g/mol. The van der Waals surface area contributed by atoms with Crippen LogP contribution in [0.25, 0.3) is 5.57 Å². The molecule has 0 saturated carbocycles. The molecular formula is C24H29NO5. The molecule has 30 heavy (non-hydrogen) atoms. The molecule has 2 aromatic rings. The van der Waals surface area contributed by atoms with Crippen LogP contribution in [0.4, 0.5) is 0 Å². The number of benzene rings is 2. The zero-order valence-corrected chi connectivity index (χ0v) is 18.0. The number of nitrogens with zero attached hydrogens (tertiary/aromatic N) is 1. The Labute approximate surface area is 178 Å². The summed E-state index contributed by atoms with van der Waals surface area (Å²) in [6.07, 6.45) is 4.41. The number of ether oxygens (including phenoxy) is 3. The molecule has 0 unspecified atom stereocenters. The molecule has 0 N–H and O–H groups in total. The molecule has 2 aromatic carbocycles. The normalized spacial score (nSPS) is 10.5. The van der Waals surface area contributed by atoms with Gasteiger partial charge in [-0.05, 0) is 65.8 Å². The van der Waals surface area contributed by atoms with Gasteiger partial charge in [0.05, 0.1) is 27.5 Å². The fourth-order valence-corrected chi connectivity index (χ4v) is 3.11. The summed E-state index contributed by atoms with van der Waals surface area (Å²) in [4.78, 5) is 16.4. The van der Waals surface area contributed by atoms with E-state index in [1.165, 1.54) is 14.2 Å². The van der Waals surface area contributed by atoms with Crippen molar-refractivity contribution < 1.29 is 23.8 Å². The Kier molecular flexibility index (Phi) is 9.45. The molecule has 0 heterocycles. The van der Waals surface area contributed by atoms with E-state index in [1.807, 2.05) is 48.5 Å². The lowest BCUT2D eigenvalue weighted by Gasteiger charge is -2.15. The van der Waals surface area contributed by atoms with E-state index in [0.717, 1.165) is 53.0 Å². The van der Waals surface area contributed by atoms with E-state index < -0.39 is 0 Å². The molecule has 0 saturated heterocycles.